The summed E-state index contributed by atoms with van der Waals surface area (Å²) in [6.45, 7) is 3.78. The van der Waals surface area contributed by atoms with Crippen molar-refractivity contribution in [1.29, 1.82) is 0 Å². The van der Waals surface area contributed by atoms with Crippen LogP contribution in [-0.2, 0) is 9.53 Å². The molecule has 1 saturated heterocycles. The van der Waals surface area contributed by atoms with E-state index in [0.717, 1.165) is 28.7 Å². The van der Waals surface area contributed by atoms with Crippen LogP contribution in [0.3, 0.4) is 0 Å². The lowest BCUT2D eigenvalue weighted by Gasteiger charge is -2.33. The van der Waals surface area contributed by atoms with E-state index in [0.29, 0.717) is 13.2 Å². The highest BCUT2D eigenvalue weighted by atomic mass is 16.5. The number of fused-ring (bicyclic) bond motifs is 1. The molecule has 3 rings (SSSR count). The number of nitrogens with zero attached hydrogens (tertiary/aromatic N) is 2. The molecule has 0 bridgehead atoms. The monoisotopic (exact) mass is 271 g/mol. The highest BCUT2D eigenvalue weighted by Gasteiger charge is 2.25. The van der Waals surface area contributed by atoms with Crippen molar-refractivity contribution in [2.24, 2.45) is 5.73 Å². The summed E-state index contributed by atoms with van der Waals surface area (Å²) in [7, 11) is 0. The molecule has 0 spiro atoms. The number of hydrogen-bond donors (Lipinski definition) is 1. The van der Waals surface area contributed by atoms with Crippen molar-refractivity contribution >= 4 is 22.5 Å². The predicted octanol–water partition coefficient (Wildman–Crippen LogP) is 1.23. The Morgan fingerprint density at radius 1 is 1.45 bits per heavy atom. The minimum Gasteiger partial charge on any atom is -0.367 e. The molecule has 1 unspecified atom stereocenters. The Hall–Kier alpha value is -2.14. The SMILES string of the molecule is Cc1cccc2c(N3CCOC(C(N)=O)C3)ccnc12. The Bertz CT molecular complexity index is 657. The van der Waals surface area contributed by atoms with E-state index in [4.69, 9.17) is 10.5 Å². The van der Waals surface area contributed by atoms with Gasteiger partial charge in [-0.15, -0.1) is 0 Å². The lowest BCUT2D eigenvalue weighted by atomic mass is 10.1. The number of rotatable bonds is 2. The lowest BCUT2D eigenvalue weighted by Crippen LogP contribution is -2.48. The Labute approximate surface area is 117 Å². The summed E-state index contributed by atoms with van der Waals surface area (Å²) in [5, 5.41) is 1.10. The first-order valence-electron chi connectivity index (χ1n) is 6.67. The van der Waals surface area contributed by atoms with Gasteiger partial charge in [0.1, 0.15) is 0 Å². The molecular formula is C15H17N3O2. The van der Waals surface area contributed by atoms with Crippen LogP contribution in [0.5, 0.6) is 0 Å². The van der Waals surface area contributed by atoms with E-state index in [1.165, 1.54) is 0 Å². The lowest BCUT2D eigenvalue weighted by molar-refractivity contribution is -0.130. The molecule has 20 heavy (non-hydrogen) atoms. The maximum atomic E-state index is 11.3. The molecule has 1 aliphatic heterocycles. The van der Waals surface area contributed by atoms with Crippen LogP contribution in [0.2, 0.25) is 0 Å². The van der Waals surface area contributed by atoms with E-state index in [2.05, 4.69) is 16.0 Å². The summed E-state index contributed by atoms with van der Waals surface area (Å²) in [6.07, 6.45) is 1.26. The molecule has 1 fully saturated rings. The predicted molar refractivity (Wildman–Crippen MR) is 77.6 cm³/mol. The number of hydrogen-bond acceptors (Lipinski definition) is 4. The summed E-state index contributed by atoms with van der Waals surface area (Å²) in [5.74, 6) is -0.413. The first-order chi connectivity index (χ1) is 9.66. The zero-order chi connectivity index (χ0) is 14.1. The van der Waals surface area contributed by atoms with Crippen LogP contribution in [0, 0.1) is 6.92 Å². The highest BCUT2D eigenvalue weighted by molar-refractivity contribution is 5.93. The average Bonchev–Trinajstić information content (AvgIpc) is 2.47. The van der Waals surface area contributed by atoms with Crippen LogP contribution in [0.25, 0.3) is 10.9 Å². The van der Waals surface area contributed by atoms with Crippen LogP contribution in [-0.4, -0.2) is 36.7 Å². The third kappa shape index (κ3) is 2.20. The maximum Gasteiger partial charge on any atom is 0.248 e. The quantitative estimate of drug-likeness (QED) is 0.892. The number of amides is 1. The van der Waals surface area contributed by atoms with E-state index in [9.17, 15) is 4.79 Å². The van der Waals surface area contributed by atoms with Gasteiger partial charge < -0.3 is 15.4 Å². The Kier molecular flexibility index (Phi) is 3.28. The molecule has 0 aliphatic carbocycles. The fourth-order valence-electron chi connectivity index (χ4n) is 2.63. The molecule has 1 aliphatic rings. The van der Waals surface area contributed by atoms with Gasteiger partial charge in [0.05, 0.1) is 18.7 Å². The number of ether oxygens (including phenoxy) is 1. The van der Waals surface area contributed by atoms with Crippen molar-refractivity contribution in [3.63, 3.8) is 0 Å². The van der Waals surface area contributed by atoms with Crippen molar-refractivity contribution in [2.75, 3.05) is 24.6 Å². The van der Waals surface area contributed by atoms with Gasteiger partial charge in [0, 0.05) is 23.8 Å². The largest absolute Gasteiger partial charge is 0.367 e. The van der Waals surface area contributed by atoms with Gasteiger partial charge in [0.15, 0.2) is 6.10 Å². The molecule has 1 aromatic carbocycles. The van der Waals surface area contributed by atoms with E-state index in [-0.39, 0.29) is 0 Å². The number of pyridine rings is 1. The van der Waals surface area contributed by atoms with Gasteiger partial charge in [0.2, 0.25) is 5.91 Å². The van der Waals surface area contributed by atoms with Crippen molar-refractivity contribution in [1.82, 2.24) is 4.98 Å². The van der Waals surface area contributed by atoms with Crippen LogP contribution in [0.4, 0.5) is 5.69 Å². The fraction of sp³-hybridized carbons (Fsp3) is 0.333. The molecule has 0 radical (unpaired) electrons. The van der Waals surface area contributed by atoms with E-state index in [1.54, 1.807) is 6.20 Å². The normalized spacial score (nSPS) is 19.2. The summed E-state index contributed by atoms with van der Waals surface area (Å²) in [5.41, 5.74) is 8.55. The molecule has 2 N–H and O–H groups in total. The second-order valence-corrected chi connectivity index (χ2v) is 5.01. The molecule has 1 atom stereocenters. The summed E-state index contributed by atoms with van der Waals surface area (Å²) >= 11 is 0. The molecule has 0 saturated carbocycles. The van der Waals surface area contributed by atoms with Gasteiger partial charge in [-0.3, -0.25) is 9.78 Å². The number of primary amides is 1. The van der Waals surface area contributed by atoms with E-state index >= 15 is 0 Å². The topological polar surface area (TPSA) is 68.5 Å². The zero-order valence-electron chi connectivity index (χ0n) is 11.4. The Morgan fingerprint density at radius 2 is 2.30 bits per heavy atom. The summed E-state index contributed by atoms with van der Waals surface area (Å²) < 4.78 is 5.40. The Morgan fingerprint density at radius 3 is 3.10 bits per heavy atom. The fourth-order valence-corrected chi connectivity index (χ4v) is 2.63. The second-order valence-electron chi connectivity index (χ2n) is 5.01. The summed E-state index contributed by atoms with van der Waals surface area (Å²) in [4.78, 5) is 17.9. The van der Waals surface area contributed by atoms with Gasteiger partial charge in [-0.25, -0.2) is 0 Å². The standard InChI is InChI=1S/C15H17N3O2/c1-10-3-2-4-11-12(5-6-17-14(10)11)18-7-8-20-13(9-18)15(16)19/h2-6,13H,7-9H2,1H3,(H2,16,19). The van der Waals surface area contributed by atoms with Gasteiger partial charge in [-0.1, -0.05) is 18.2 Å². The van der Waals surface area contributed by atoms with Gasteiger partial charge in [0.25, 0.3) is 0 Å². The van der Waals surface area contributed by atoms with Crippen molar-refractivity contribution < 1.29 is 9.53 Å². The molecule has 104 valence electrons. The first-order valence-corrected chi connectivity index (χ1v) is 6.67. The summed E-state index contributed by atoms with van der Waals surface area (Å²) in [6, 6.07) is 8.10. The van der Waals surface area contributed by atoms with Gasteiger partial charge in [-0.05, 0) is 18.6 Å². The van der Waals surface area contributed by atoms with Crippen LogP contribution >= 0.6 is 0 Å². The second kappa shape index (κ2) is 5.09. The average molecular weight is 271 g/mol. The number of anilines is 1. The third-order valence-corrected chi connectivity index (χ3v) is 3.67. The number of morpholine rings is 1. The minimum absolute atomic E-state index is 0.413. The minimum atomic E-state index is -0.545. The zero-order valence-corrected chi connectivity index (χ0v) is 11.4. The number of para-hydroxylation sites is 1. The van der Waals surface area contributed by atoms with Crippen molar-refractivity contribution in [2.45, 2.75) is 13.0 Å². The number of aromatic nitrogens is 1. The van der Waals surface area contributed by atoms with Gasteiger partial charge in [-0.2, -0.15) is 0 Å². The van der Waals surface area contributed by atoms with Crippen LogP contribution in [0.1, 0.15) is 5.56 Å². The molecule has 5 nitrogen and oxygen atoms in total. The molecule has 1 amide bonds. The van der Waals surface area contributed by atoms with Crippen molar-refractivity contribution in [3.05, 3.63) is 36.0 Å². The molecule has 1 aromatic heterocycles. The number of aryl methyl sites for hydroxylation is 1. The highest BCUT2D eigenvalue weighted by Crippen LogP contribution is 2.28. The maximum absolute atomic E-state index is 11.3. The number of carbonyl (C=O) groups is 1. The number of nitrogens with two attached hydrogens (primary N) is 1. The molecule has 5 heteroatoms. The first kappa shape index (κ1) is 12.9. The van der Waals surface area contributed by atoms with E-state index < -0.39 is 12.0 Å². The van der Waals surface area contributed by atoms with Crippen LogP contribution in [0.15, 0.2) is 30.5 Å². The van der Waals surface area contributed by atoms with E-state index in [1.807, 2.05) is 25.1 Å². The Balaban J connectivity index is 2.02. The number of benzene rings is 1. The van der Waals surface area contributed by atoms with Crippen LogP contribution < -0.4 is 10.6 Å². The smallest absolute Gasteiger partial charge is 0.248 e. The van der Waals surface area contributed by atoms with Gasteiger partial charge >= 0.3 is 0 Å². The molecular weight excluding hydrogens is 254 g/mol. The molecule has 2 heterocycles. The molecule has 2 aromatic rings. The third-order valence-electron chi connectivity index (χ3n) is 3.67. The number of carbonyl (C=O) groups excluding carboxylic acids is 1. The van der Waals surface area contributed by atoms with Crippen molar-refractivity contribution in [3.8, 4) is 0 Å².